The van der Waals surface area contributed by atoms with Gasteiger partial charge >= 0.3 is 0 Å². The summed E-state index contributed by atoms with van der Waals surface area (Å²) in [5, 5.41) is 9.98. The number of rotatable bonds is 5. The second-order valence-corrected chi connectivity index (χ2v) is 7.16. The molecule has 2 N–H and O–H groups in total. The molecule has 0 radical (unpaired) electrons. The molecular weight excluding hydrogens is 342 g/mol. The zero-order chi connectivity index (χ0) is 18.1. The quantitative estimate of drug-likeness (QED) is 0.849. The van der Waals surface area contributed by atoms with Gasteiger partial charge < -0.3 is 15.0 Å². The third-order valence-electron chi connectivity index (χ3n) is 4.95. The Morgan fingerprint density at radius 1 is 1.23 bits per heavy atom. The molecule has 0 bridgehead atoms. The molecule has 0 aromatic carbocycles. The van der Waals surface area contributed by atoms with Crippen molar-refractivity contribution >= 4 is 11.6 Å². The first-order chi connectivity index (χ1) is 12.5. The fraction of sp³-hybridized carbons (Fsp3) is 0.588. The molecule has 0 unspecified atom stereocenters. The van der Waals surface area contributed by atoms with Gasteiger partial charge in [0.05, 0.1) is 12.4 Å². The van der Waals surface area contributed by atoms with Crippen molar-refractivity contribution in [2.24, 2.45) is 0 Å². The predicted molar refractivity (Wildman–Crippen MR) is 92.0 cm³/mol. The lowest BCUT2D eigenvalue weighted by Gasteiger charge is -2.33. The first-order valence-corrected chi connectivity index (χ1v) is 8.84. The number of halogens is 2. The van der Waals surface area contributed by atoms with Gasteiger partial charge in [0.2, 0.25) is 11.8 Å². The van der Waals surface area contributed by atoms with Crippen LogP contribution < -0.4 is 10.1 Å². The normalized spacial score (nSPS) is 21.3. The maximum absolute atomic E-state index is 13.0. The van der Waals surface area contributed by atoms with Gasteiger partial charge in [0.1, 0.15) is 6.10 Å². The second kappa shape index (κ2) is 6.79. The zero-order valence-corrected chi connectivity index (χ0v) is 14.6. The van der Waals surface area contributed by atoms with Crippen molar-refractivity contribution in [1.82, 2.24) is 25.1 Å². The molecule has 2 aliphatic rings. The Bertz CT molecular complexity index is 751. The molecule has 0 spiro atoms. The van der Waals surface area contributed by atoms with E-state index in [0.717, 1.165) is 25.9 Å². The molecule has 1 aliphatic carbocycles. The van der Waals surface area contributed by atoms with E-state index in [1.165, 1.54) is 0 Å². The summed E-state index contributed by atoms with van der Waals surface area (Å²) in [6.07, 6.45) is 4.98. The zero-order valence-electron chi connectivity index (χ0n) is 14.6. The Balaban J connectivity index is 1.36. The maximum atomic E-state index is 13.0. The van der Waals surface area contributed by atoms with E-state index in [0.29, 0.717) is 23.2 Å². The minimum Gasteiger partial charge on any atom is -0.473 e. The number of nitrogens with one attached hydrogen (secondary N) is 2. The van der Waals surface area contributed by atoms with Crippen LogP contribution >= 0.6 is 0 Å². The number of likely N-dealkylation sites (tertiary alicyclic amines) is 1. The topological polar surface area (TPSA) is 79.0 Å². The van der Waals surface area contributed by atoms with Gasteiger partial charge in [0.15, 0.2) is 11.6 Å². The fourth-order valence-electron chi connectivity index (χ4n) is 3.36. The smallest absolute Gasteiger partial charge is 0.249 e. The Morgan fingerprint density at radius 2 is 2.00 bits per heavy atom. The minimum absolute atomic E-state index is 0.131. The molecular formula is C17H22F2N6O. The summed E-state index contributed by atoms with van der Waals surface area (Å²) in [5.41, 5.74) is 0.713. The SMILES string of the molecule is CN1CCC(Oc2cncc(Nc3cc(C4CC(F)(F)C4)[nH]n3)n2)CC1. The number of ether oxygens (including phenoxy) is 1. The van der Waals surface area contributed by atoms with Gasteiger partial charge in [-0.15, -0.1) is 0 Å². The third-order valence-corrected chi connectivity index (χ3v) is 4.95. The third kappa shape index (κ3) is 3.92. The van der Waals surface area contributed by atoms with Crippen LogP contribution in [0.15, 0.2) is 18.5 Å². The molecule has 2 aromatic rings. The predicted octanol–water partition coefficient (Wildman–Crippen LogP) is 2.93. The van der Waals surface area contributed by atoms with Crippen LogP contribution in [0.2, 0.25) is 0 Å². The molecule has 2 fully saturated rings. The van der Waals surface area contributed by atoms with Crippen molar-refractivity contribution in [2.45, 2.75) is 43.6 Å². The van der Waals surface area contributed by atoms with E-state index in [2.05, 4.69) is 37.4 Å². The Kier molecular flexibility index (Phi) is 4.47. The Hall–Kier alpha value is -2.29. The average molecular weight is 364 g/mol. The van der Waals surface area contributed by atoms with Crippen LogP contribution in [0.4, 0.5) is 20.4 Å². The summed E-state index contributed by atoms with van der Waals surface area (Å²) in [4.78, 5) is 10.8. The van der Waals surface area contributed by atoms with Crippen LogP contribution in [0.3, 0.4) is 0 Å². The molecule has 1 saturated carbocycles. The molecule has 0 atom stereocenters. The van der Waals surface area contributed by atoms with Crippen LogP contribution in [-0.4, -0.2) is 57.2 Å². The number of alkyl halides is 2. The number of hydrogen-bond donors (Lipinski definition) is 2. The summed E-state index contributed by atoms with van der Waals surface area (Å²) in [6.45, 7) is 2.01. The van der Waals surface area contributed by atoms with Gasteiger partial charge in [-0.25, -0.2) is 8.78 Å². The van der Waals surface area contributed by atoms with Crippen LogP contribution in [-0.2, 0) is 0 Å². The molecule has 0 amide bonds. The highest BCUT2D eigenvalue weighted by Crippen LogP contribution is 2.48. The van der Waals surface area contributed by atoms with Gasteiger partial charge in [-0.1, -0.05) is 0 Å². The van der Waals surface area contributed by atoms with Crippen molar-refractivity contribution in [1.29, 1.82) is 0 Å². The highest BCUT2D eigenvalue weighted by Gasteiger charge is 2.46. The van der Waals surface area contributed by atoms with E-state index in [1.54, 1.807) is 18.5 Å². The van der Waals surface area contributed by atoms with Crippen LogP contribution in [0.25, 0.3) is 0 Å². The lowest BCUT2D eigenvalue weighted by molar-refractivity contribution is -0.0876. The highest BCUT2D eigenvalue weighted by atomic mass is 19.3. The number of aromatic nitrogens is 4. The molecule has 7 nitrogen and oxygen atoms in total. The van der Waals surface area contributed by atoms with E-state index in [4.69, 9.17) is 4.74 Å². The van der Waals surface area contributed by atoms with E-state index < -0.39 is 5.92 Å². The number of H-pyrrole nitrogens is 1. The summed E-state index contributed by atoms with van der Waals surface area (Å²) in [6, 6.07) is 1.74. The lowest BCUT2D eigenvalue weighted by atomic mass is 9.79. The van der Waals surface area contributed by atoms with Crippen molar-refractivity contribution in [3.05, 3.63) is 24.2 Å². The van der Waals surface area contributed by atoms with Crippen molar-refractivity contribution in [3.63, 3.8) is 0 Å². The largest absolute Gasteiger partial charge is 0.473 e. The first-order valence-electron chi connectivity index (χ1n) is 8.84. The van der Waals surface area contributed by atoms with Gasteiger partial charge in [-0.3, -0.25) is 10.1 Å². The minimum atomic E-state index is -2.55. The molecule has 26 heavy (non-hydrogen) atoms. The van der Waals surface area contributed by atoms with Crippen molar-refractivity contribution in [3.8, 4) is 5.88 Å². The molecule has 1 saturated heterocycles. The monoisotopic (exact) mass is 364 g/mol. The number of aromatic amines is 1. The van der Waals surface area contributed by atoms with E-state index in [9.17, 15) is 8.78 Å². The fourth-order valence-corrected chi connectivity index (χ4v) is 3.36. The Morgan fingerprint density at radius 3 is 2.73 bits per heavy atom. The summed E-state index contributed by atoms with van der Waals surface area (Å²) < 4.78 is 31.9. The highest BCUT2D eigenvalue weighted by molar-refractivity contribution is 5.51. The number of piperidine rings is 1. The molecule has 140 valence electrons. The van der Waals surface area contributed by atoms with Crippen LogP contribution in [0.5, 0.6) is 5.88 Å². The van der Waals surface area contributed by atoms with Gasteiger partial charge in [0, 0.05) is 43.6 Å². The number of nitrogens with zero attached hydrogens (tertiary/aromatic N) is 4. The molecule has 4 rings (SSSR count). The van der Waals surface area contributed by atoms with Gasteiger partial charge in [0.25, 0.3) is 0 Å². The summed E-state index contributed by atoms with van der Waals surface area (Å²) in [5.74, 6) is -1.21. The van der Waals surface area contributed by atoms with E-state index in [1.807, 2.05) is 0 Å². The number of anilines is 2. The van der Waals surface area contributed by atoms with Crippen LogP contribution in [0.1, 0.15) is 37.3 Å². The lowest BCUT2D eigenvalue weighted by Crippen LogP contribution is -2.35. The molecule has 9 heteroatoms. The van der Waals surface area contributed by atoms with Gasteiger partial charge in [-0.05, 0) is 19.9 Å². The molecule has 1 aliphatic heterocycles. The van der Waals surface area contributed by atoms with Crippen LogP contribution in [0, 0.1) is 0 Å². The summed E-state index contributed by atoms with van der Waals surface area (Å²) in [7, 11) is 2.10. The standard InChI is InChI=1S/C17H22F2N6O/c1-25-4-2-12(3-5-25)26-16-10-20-9-15(22-16)21-14-6-13(23-24-14)11-7-17(18,19)8-11/h6,9-12H,2-5,7-8H2,1H3,(H2,21,22,23,24). The molecule has 3 heterocycles. The van der Waals surface area contributed by atoms with E-state index in [-0.39, 0.29) is 24.9 Å². The molecule has 2 aromatic heterocycles. The second-order valence-electron chi connectivity index (χ2n) is 7.16. The average Bonchev–Trinajstić information content (AvgIpc) is 3.03. The Labute approximate surface area is 150 Å². The van der Waals surface area contributed by atoms with Crippen molar-refractivity contribution < 1.29 is 13.5 Å². The number of hydrogen-bond acceptors (Lipinski definition) is 6. The van der Waals surface area contributed by atoms with Gasteiger partial charge in [-0.2, -0.15) is 10.1 Å². The summed E-state index contributed by atoms with van der Waals surface area (Å²) >= 11 is 0. The van der Waals surface area contributed by atoms with Crippen molar-refractivity contribution in [2.75, 3.05) is 25.5 Å². The first kappa shape index (κ1) is 17.1. The van der Waals surface area contributed by atoms with E-state index >= 15 is 0 Å². The maximum Gasteiger partial charge on any atom is 0.249 e.